The third-order valence-corrected chi connectivity index (χ3v) is 5.68. The Bertz CT molecular complexity index is 1130. The topological polar surface area (TPSA) is 31.9 Å². The minimum Gasteiger partial charge on any atom is -0.357 e. The molecule has 0 atom stereocenters. The van der Waals surface area contributed by atoms with Gasteiger partial charge in [-0.1, -0.05) is 41.9 Å². The van der Waals surface area contributed by atoms with Crippen molar-refractivity contribution in [3.05, 3.63) is 76.1 Å². The first-order chi connectivity index (χ1) is 12.7. The third kappa shape index (κ3) is 2.68. The molecule has 2 aromatic carbocycles. The van der Waals surface area contributed by atoms with E-state index in [1.165, 1.54) is 27.7 Å². The van der Waals surface area contributed by atoms with Crippen LogP contribution in [0, 0.1) is 6.92 Å². The summed E-state index contributed by atoms with van der Waals surface area (Å²) in [5.41, 5.74) is 7.31. The molecule has 1 aliphatic rings. The Balaban J connectivity index is 1.44. The van der Waals surface area contributed by atoms with E-state index < -0.39 is 0 Å². The first-order valence-electron chi connectivity index (χ1n) is 9.04. The molecular formula is C22H20ClN3. The molecule has 4 aromatic rings. The Morgan fingerprint density at radius 1 is 1.15 bits per heavy atom. The van der Waals surface area contributed by atoms with Crippen LogP contribution in [0.25, 0.3) is 21.8 Å². The second-order valence-electron chi connectivity index (χ2n) is 7.22. The highest BCUT2D eigenvalue weighted by atomic mass is 35.5. The summed E-state index contributed by atoms with van der Waals surface area (Å²) in [5, 5.41) is 3.13. The molecule has 0 unspecified atom stereocenters. The number of fused-ring (bicyclic) bond motifs is 4. The molecule has 0 saturated carbocycles. The zero-order valence-corrected chi connectivity index (χ0v) is 15.5. The van der Waals surface area contributed by atoms with E-state index in [0.717, 1.165) is 42.5 Å². The van der Waals surface area contributed by atoms with Gasteiger partial charge in [0.1, 0.15) is 5.15 Å². The lowest BCUT2D eigenvalue weighted by Crippen LogP contribution is -2.30. The standard InChI is InChI=1S/C22H20ClN3/c1-14-6-7-15-11-16(22(23)25-20(15)10-14)12-26-9-8-18-17-4-2-3-5-19(17)24-21(18)13-26/h2-7,10-11,24H,8-9,12-13H2,1H3. The molecule has 1 N–H and O–H groups in total. The smallest absolute Gasteiger partial charge is 0.134 e. The van der Waals surface area contributed by atoms with Crippen molar-refractivity contribution in [1.29, 1.82) is 0 Å². The number of hydrogen-bond acceptors (Lipinski definition) is 2. The number of nitrogens with one attached hydrogen (secondary N) is 1. The Hall–Kier alpha value is -2.36. The number of hydrogen-bond donors (Lipinski definition) is 1. The molecule has 0 bridgehead atoms. The van der Waals surface area contributed by atoms with E-state index >= 15 is 0 Å². The van der Waals surface area contributed by atoms with Gasteiger partial charge in [-0.3, -0.25) is 4.90 Å². The maximum absolute atomic E-state index is 6.49. The molecule has 3 nitrogen and oxygen atoms in total. The first kappa shape index (κ1) is 15.9. The Morgan fingerprint density at radius 3 is 2.96 bits per heavy atom. The fourth-order valence-electron chi connectivity index (χ4n) is 4.03. The van der Waals surface area contributed by atoms with Crippen LogP contribution in [-0.4, -0.2) is 21.4 Å². The average molecular weight is 362 g/mol. The van der Waals surface area contributed by atoms with E-state index in [-0.39, 0.29) is 0 Å². The predicted molar refractivity (Wildman–Crippen MR) is 108 cm³/mol. The van der Waals surface area contributed by atoms with Gasteiger partial charge in [0.25, 0.3) is 0 Å². The van der Waals surface area contributed by atoms with Crippen LogP contribution >= 0.6 is 11.6 Å². The van der Waals surface area contributed by atoms with Crippen LogP contribution in [0.1, 0.15) is 22.4 Å². The molecule has 1 aliphatic heterocycles. The second kappa shape index (κ2) is 6.11. The maximum Gasteiger partial charge on any atom is 0.134 e. The Kier molecular flexibility index (Phi) is 3.73. The molecule has 5 rings (SSSR count). The molecule has 0 spiro atoms. The maximum atomic E-state index is 6.49. The van der Waals surface area contributed by atoms with Crippen molar-refractivity contribution in [3.8, 4) is 0 Å². The number of rotatable bonds is 2. The summed E-state index contributed by atoms with van der Waals surface area (Å²) in [6.45, 7) is 4.86. The van der Waals surface area contributed by atoms with Gasteiger partial charge in [-0.2, -0.15) is 0 Å². The van der Waals surface area contributed by atoms with Crippen LogP contribution in [-0.2, 0) is 19.5 Å². The highest BCUT2D eigenvalue weighted by molar-refractivity contribution is 6.30. The van der Waals surface area contributed by atoms with Gasteiger partial charge in [-0.05, 0) is 42.7 Å². The number of aryl methyl sites for hydroxylation is 1. The molecular weight excluding hydrogens is 342 g/mol. The van der Waals surface area contributed by atoms with Crippen LogP contribution in [0.3, 0.4) is 0 Å². The van der Waals surface area contributed by atoms with E-state index in [1.807, 2.05) is 0 Å². The number of benzene rings is 2. The van der Waals surface area contributed by atoms with Gasteiger partial charge in [0.2, 0.25) is 0 Å². The van der Waals surface area contributed by atoms with Crippen molar-refractivity contribution in [2.24, 2.45) is 0 Å². The van der Waals surface area contributed by atoms with Crippen LogP contribution in [0.4, 0.5) is 0 Å². The normalized spacial score (nSPS) is 14.8. The molecule has 2 aromatic heterocycles. The molecule has 3 heterocycles. The van der Waals surface area contributed by atoms with Crippen molar-refractivity contribution in [1.82, 2.24) is 14.9 Å². The van der Waals surface area contributed by atoms with Gasteiger partial charge < -0.3 is 4.98 Å². The largest absolute Gasteiger partial charge is 0.357 e. The van der Waals surface area contributed by atoms with Crippen molar-refractivity contribution in [2.75, 3.05) is 6.54 Å². The molecule has 0 fully saturated rings. The van der Waals surface area contributed by atoms with Crippen LogP contribution in [0.2, 0.25) is 5.15 Å². The fourth-order valence-corrected chi connectivity index (χ4v) is 4.24. The number of para-hydroxylation sites is 1. The lowest BCUT2D eigenvalue weighted by atomic mass is 10.0. The summed E-state index contributed by atoms with van der Waals surface area (Å²) in [6, 6.07) is 17.1. The molecule has 130 valence electrons. The quantitative estimate of drug-likeness (QED) is 0.495. The van der Waals surface area contributed by atoms with Crippen molar-refractivity contribution in [3.63, 3.8) is 0 Å². The zero-order chi connectivity index (χ0) is 17.7. The van der Waals surface area contributed by atoms with Crippen LogP contribution in [0.5, 0.6) is 0 Å². The molecule has 4 heteroatoms. The van der Waals surface area contributed by atoms with E-state index in [4.69, 9.17) is 11.6 Å². The average Bonchev–Trinajstić information content (AvgIpc) is 3.00. The van der Waals surface area contributed by atoms with E-state index in [1.54, 1.807) is 0 Å². The number of halogens is 1. The second-order valence-corrected chi connectivity index (χ2v) is 7.58. The van der Waals surface area contributed by atoms with Gasteiger partial charge in [-0.25, -0.2) is 4.98 Å². The summed E-state index contributed by atoms with van der Waals surface area (Å²) < 4.78 is 0. The summed E-state index contributed by atoms with van der Waals surface area (Å²) in [7, 11) is 0. The van der Waals surface area contributed by atoms with Crippen LogP contribution < -0.4 is 0 Å². The SMILES string of the molecule is Cc1ccc2cc(CN3CCc4c([nH]c5ccccc45)C3)c(Cl)nc2c1. The fraction of sp³-hybridized carbons (Fsp3) is 0.227. The van der Waals surface area contributed by atoms with Gasteiger partial charge >= 0.3 is 0 Å². The number of H-pyrrole nitrogens is 1. The summed E-state index contributed by atoms with van der Waals surface area (Å²) in [4.78, 5) is 10.6. The number of aromatic amines is 1. The van der Waals surface area contributed by atoms with Gasteiger partial charge in [0.05, 0.1) is 5.52 Å². The molecule has 0 amide bonds. The Labute approximate surface area is 157 Å². The van der Waals surface area contributed by atoms with Gasteiger partial charge in [0.15, 0.2) is 0 Å². The van der Waals surface area contributed by atoms with Crippen molar-refractivity contribution < 1.29 is 0 Å². The Morgan fingerprint density at radius 2 is 2.04 bits per heavy atom. The third-order valence-electron chi connectivity index (χ3n) is 5.35. The van der Waals surface area contributed by atoms with Gasteiger partial charge in [0, 0.05) is 47.2 Å². The molecule has 0 radical (unpaired) electrons. The monoisotopic (exact) mass is 361 g/mol. The minimum absolute atomic E-state index is 0.616. The summed E-state index contributed by atoms with van der Waals surface area (Å²) in [6.07, 6.45) is 1.07. The van der Waals surface area contributed by atoms with E-state index in [0.29, 0.717) is 5.15 Å². The van der Waals surface area contributed by atoms with E-state index in [9.17, 15) is 0 Å². The molecule has 0 saturated heterocycles. The lowest BCUT2D eigenvalue weighted by Gasteiger charge is -2.27. The number of aromatic nitrogens is 2. The van der Waals surface area contributed by atoms with Crippen LogP contribution in [0.15, 0.2) is 48.5 Å². The molecule has 26 heavy (non-hydrogen) atoms. The summed E-state index contributed by atoms with van der Waals surface area (Å²) in [5.74, 6) is 0. The molecule has 0 aliphatic carbocycles. The first-order valence-corrected chi connectivity index (χ1v) is 9.42. The predicted octanol–water partition coefficient (Wildman–Crippen LogP) is 5.24. The highest BCUT2D eigenvalue weighted by Gasteiger charge is 2.21. The van der Waals surface area contributed by atoms with Crippen molar-refractivity contribution >= 4 is 33.4 Å². The zero-order valence-electron chi connectivity index (χ0n) is 14.7. The van der Waals surface area contributed by atoms with E-state index in [2.05, 4.69) is 70.3 Å². The number of nitrogens with zero attached hydrogens (tertiary/aromatic N) is 2. The highest BCUT2D eigenvalue weighted by Crippen LogP contribution is 2.29. The lowest BCUT2D eigenvalue weighted by molar-refractivity contribution is 0.243. The van der Waals surface area contributed by atoms with Crippen molar-refractivity contribution in [2.45, 2.75) is 26.4 Å². The summed E-state index contributed by atoms with van der Waals surface area (Å²) >= 11 is 6.49. The number of pyridine rings is 1. The van der Waals surface area contributed by atoms with Gasteiger partial charge in [-0.15, -0.1) is 0 Å². The minimum atomic E-state index is 0.616.